The molecular formula is C18H29NO4Si. The van der Waals surface area contributed by atoms with Crippen LogP contribution in [0.4, 0.5) is 0 Å². The van der Waals surface area contributed by atoms with Crippen molar-refractivity contribution in [2.75, 3.05) is 13.2 Å². The number of esters is 1. The molecule has 0 unspecified atom stereocenters. The van der Waals surface area contributed by atoms with E-state index < -0.39 is 14.3 Å². The van der Waals surface area contributed by atoms with Crippen molar-refractivity contribution in [3.8, 4) is 5.75 Å². The van der Waals surface area contributed by atoms with Crippen LogP contribution >= 0.6 is 0 Å². The van der Waals surface area contributed by atoms with Crippen LogP contribution in [0.2, 0.25) is 18.1 Å². The molecular weight excluding hydrogens is 322 g/mol. The number of benzene rings is 1. The molecule has 1 aromatic rings. The summed E-state index contributed by atoms with van der Waals surface area (Å²) in [5.74, 6) is 0.406. The maximum absolute atomic E-state index is 11.2. The number of hydrogen-bond donors (Lipinski definition) is 0. The lowest BCUT2D eigenvalue weighted by atomic mass is 10.1. The highest BCUT2D eigenvalue weighted by Crippen LogP contribution is 2.37. The third kappa shape index (κ3) is 6.00. The molecule has 134 valence electrons. The summed E-state index contributed by atoms with van der Waals surface area (Å²) < 4.78 is 11.1. The second-order valence-electron chi connectivity index (χ2n) is 7.15. The third-order valence-corrected chi connectivity index (χ3v) is 8.48. The van der Waals surface area contributed by atoms with Gasteiger partial charge in [-0.25, -0.2) is 4.79 Å². The quantitative estimate of drug-likeness (QED) is 0.317. The lowest BCUT2D eigenvalue weighted by molar-refractivity contribution is -0.148. The van der Waals surface area contributed by atoms with Gasteiger partial charge in [0, 0.05) is 5.56 Å². The van der Waals surface area contributed by atoms with E-state index in [1.165, 1.54) is 0 Å². The van der Waals surface area contributed by atoms with E-state index in [1.54, 1.807) is 6.92 Å². The molecule has 0 fully saturated rings. The van der Waals surface area contributed by atoms with Crippen LogP contribution in [0, 0.1) is 0 Å². The van der Waals surface area contributed by atoms with Gasteiger partial charge in [0.05, 0.1) is 12.3 Å². The molecule has 0 bridgehead atoms. The normalized spacial score (nSPS) is 12.7. The Morgan fingerprint density at radius 3 is 2.50 bits per heavy atom. The Labute approximate surface area is 146 Å². The van der Waals surface area contributed by atoms with Gasteiger partial charge in [-0.05, 0) is 44.1 Å². The first-order valence-electron chi connectivity index (χ1n) is 8.18. The van der Waals surface area contributed by atoms with Crippen LogP contribution in [0.1, 0.15) is 40.2 Å². The summed E-state index contributed by atoms with van der Waals surface area (Å²) >= 11 is 0. The number of nitrogens with zero attached hydrogens (tertiary/aromatic N) is 1. The highest BCUT2D eigenvalue weighted by Gasteiger charge is 2.38. The third-order valence-electron chi connectivity index (χ3n) is 4.12. The zero-order chi connectivity index (χ0) is 18.4. The fraction of sp³-hybridized carbons (Fsp3) is 0.556. The van der Waals surface area contributed by atoms with Gasteiger partial charge in [0.2, 0.25) is 14.9 Å². The van der Waals surface area contributed by atoms with Crippen LogP contribution in [0.25, 0.3) is 0 Å². The number of carbonyl (C=O) groups excluding carboxylic acids is 1. The van der Waals surface area contributed by atoms with Crippen molar-refractivity contribution in [3.63, 3.8) is 0 Å². The molecule has 1 aromatic carbocycles. The molecule has 6 heteroatoms. The number of rotatable bonds is 7. The van der Waals surface area contributed by atoms with E-state index in [0.29, 0.717) is 12.3 Å². The molecule has 0 radical (unpaired) electrons. The van der Waals surface area contributed by atoms with Crippen LogP contribution in [0.5, 0.6) is 5.75 Å². The monoisotopic (exact) mass is 351 g/mol. The first-order chi connectivity index (χ1) is 11.1. The van der Waals surface area contributed by atoms with Gasteiger partial charge in [-0.3, -0.25) is 0 Å². The molecule has 24 heavy (non-hydrogen) atoms. The Hall–Kier alpha value is -1.82. The Morgan fingerprint density at radius 2 is 1.92 bits per heavy atom. The number of hydrogen-bond acceptors (Lipinski definition) is 5. The average Bonchev–Trinajstić information content (AvgIpc) is 2.46. The van der Waals surface area contributed by atoms with Crippen LogP contribution < -0.4 is 4.43 Å². The summed E-state index contributed by atoms with van der Waals surface area (Å²) in [6.07, 6.45) is 0. The molecule has 0 heterocycles. The first kappa shape index (κ1) is 20.2. The van der Waals surface area contributed by atoms with E-state index in [-0.39, 0.29) is 11.6 Å². The second-order valence-corrected chi connectivity index (χ2v) is 11.9. The molecule has 0 aromatic heterocycles. The molecule has 0 saturated carbocycles. The van der Waals surface area contributed by atoms with Crippen molar-refractivity contribution in [3.05, 3.63) is 29.8 Å². The summed E-state index contributed by atoms with van der Waals surface area (Å²) in [4.78, 5) is 16.3. The Morgan fingerprint density at radius 1 is 1.25 bits per heavy atom. The van der Waals surface area contributed by atoms with Crippen LogP contribution in [0.15, 0.2) is 29.4 Å². The largest absolute Gasteiger partial charge is 0.543 e. The molecule has 0 spiro atoms. The Balaban J connectivity index is 2.79. The summed E-state index contributed by atoms with van der Waals surface area (Å²) in [5.41, 5.74) is 1.58. The van der Waals surface area contributed by atoms with Crippen LogP contribution in [-0.2, 0) is 14.4 Å². The predicted molar refractivity (Wildman–Crippen MR) is 99.1 cm³/mol. The van der Waals surface area contributed by atoms with E-state index in [9.17, 15) is 4.79 Å². The van der Waals surface area contributed by atoms with E-state index in [4.69, 9.17) is 14.0 Å². The maximum Gasteiger partial charge on any atom is 0.347 e. The molecule has 0 aliphatic carbocycles. The zero-order valence-corrected chi connectivity index (χ0v) is 16.8. The van der Waals surface area contributed by atoms with Crippen molar-refractivity contribution >= 4 is 20.0 Å². The molecule has 0 aliphatic heterocycles. The SMILES string of the molecule is CCOC(=O)CON=C(C)c1cccc(O[Si](C)(C)C(C)(C)C)c1. The minimum absolute atomic E-state index is 0.134. The molecule has 0 aliphatic rings. The highest BCUT2D eigenvalue weighted by molar-refractivity contribution is 6.74. The smallest absolute Gasteiger partial charge is 0.347 e. The number of ether oxygens (including phenoxy) is 1. The summed E-state index contributed by atoms with van der Waals surface area (Å²) in [6.45, 7) is 14.8. The van der Waals surface area contributed by atoms with Crippen molar-refractivity contribution in [1.29, 1.82) is 0 Å². The Kier molecular flexibility index (Phi) is 7.02. The molecule has 0 atom stereocenters. The average molecular weight is 352 g/mol. The lowest BCUT2D eigenvalue weighted by Gasteiger charge is -2.36. The molecule has 5 nitrogen and oxygen atoms in total. The van der Waals surface area contributed by atoms with Crippen LogP contribution in [0.3, 0.4) is 0 Å². The lowest BCUT2D eigenvalue weighted by Crippen LogP contribution is -2.43. The van der Waals surface area contributed by atoms with Gasteiger partial charge in [0.15, 0.2) is 0 Å². The standard InChI is InChI=1S/C18H29NO4Si/c1-8-21-17(20)13-22-19-14(2)15-10-9-11-16(12-15)23-24(6,7)18(3,4)5/h9-12H,8,13H2,1-7H3. The first-order valence-corrected chi connectivity index (χ1v) is 11.1. The fourth-order valence-electron chi connectivity index (χ4n) is 1.67. The fourth-order valence-corrected chi connectivity index (χ4v) is 2.69. The zero-order valence-electron chi connectivity index (χ0n) is 15.8. The van der Waals surface area contributed by atoms with Gasteiger partial charge in [-0.1, -0.05) is 38.1 Å². The second kappa shape index (κ2) is 8.33. The van der Waals surface area contributed by atoms with E-state index >= 15 is 0 Å². The van der Waals surface area contributed by atoms with Crippen molar-refractivity contribution in [2.24, 2.45) is 5.16 Å². The molecule has 0 saturated heterocycles. The summed E-state index contributed by atoms with van der Waals surface area (Å²) in [7, 11) is -1.89. The van der Waals surface area contributed by atoms with Gasteiger partial charge in [-0.2, -0.15) is 0 Å². The van der Waals surface area contributed by atoms with E-state index in [1.807, 2.05) is 31.2 Å². The van der Waals surface area contributed by atoms with Crippen LogP contribution in [-0.4, -0.2) is 33.2 Å². The molecule has 1 rings (SSSR count). The minimum Gasteiger partial charge on any atom is -0.543 e. The molecule has 0 amide bonds. The van der Waals surface area contributed by atoms with E-state index in [2.05, 4.69) is 39.0 Å². The van der Waals surface area contributed by atoms with Crippen molar-refractivity contribution in [1.82, 2.24) is 0 Å². The van der Waals surface area contributed by atoms with Crippen molar-refractivity contribution < 1.29 is 18.8 Å². The summed E-state index contributed by atoms with van der Waals surface area (Å²) in [6, 6.07) is 7.77. The summed E-state index contributed by atoms with van der Waals surface area (Å²) in [5, 5.41) is 4.11. The van der Waals surface area contributed by atoms with Crippen molar-refractivity contribution in [2.45, 2.75) is 52.8 Å². The molecule has 0 N–H and O–H groups in total. The number of oxime groups is 1. The Bertz CT molecular complexity index is 591. The van der Waals surface area contributed by atoms with Gasteiger partial charge >= 0.3 is 5.97 Å². The topological polar surface area (TPSA) is 57.1 Å². The van der Waals surface area contributed by atoms with E-state index in [0.717, 1.165) is 11.3 Å². The number of carbonyl (C=O) groups is 1. The van der Waals surface area contributed by atoms with Gasteiger partial charge in [-0.15, -0.1) is 0 Å². The minimum atomic E-state index is -1.89. The predicted octanol–water partition coefficient (Wildman–Crippen LogP) is 4.37. The highest BCUT2D eigenvalue weighted by atomic mass is 28.4. The van der Waals surface area contributed by atoms with Gasteiger partial charge < -0.3 is 14.0 Å². The maximum atomic E-state index is 11.2. The van der Waals surface area contributed by atoms with Gasteiger partial charge in [0.1, 0.15) is 5.75 Å². The van der Waals surface area contributed by atoms with Gasteiger partial charge in [0.25, 0.3) is 0 Å².